The van der Waals surface area contributed by atoms with Gasteiger partial charge in [-0.25, -0.2) is 0 Å². The van der Waals surface area contributed by atoms with Gasteiger partial charge in [0.05, 0.1) is 12.7 Å². The normalized spacial score (nSPS) is 15.2. The van der Waals surface area contributed by atoms with Crippen LogP contribution < -0.4 is 14.8 Å². The van der Waals surface area contributed by atoms with Crippen LogP contribution in [0.15, 0.2) is 79.6 Å². The van der Waals surface area contributed by atoms with E-state index >= 15 is 0 Å². The second-order valence-electron chi connectivity index (χ2n) is 6.89. The van der Waals surface area contributed by atoms with Gasteiger partial charge < -0.3 is 19.7 Å². The highest BCUT2D eigenvalue weighted by Gasteiger charge is 2.32. The number of nitrogens with one attached hydrogen (secondary N) is 1. The lowest BCUT2D eigenvalue weighted by molar-refractivity contribution is 0.0707. The molecule has 0 radical (unpaired) electrons. The van der Waals surface area contributed by atoms with Crippen molar-refractivity contribution in [2.24, 2.45) is 0 Å². The maximum absolute atomic E-state index is 13.0. The molecule has 6 heteroatoms. The summed E-state index contributed by atoms with van der Waals surface area (Å²) < 4.78 is 11.5. The third kappa shape index (κ3) is 3.85. The molecule has 0 fully saturated rings. The average Bonchev–Trinajstić information content (AvgIpc) is 2.80. The molecule has 1 aliphatic rings. The van der Waals surface area contributed by atoms with Gasteiger partial charge in [0.25, 0.3) is 5.91 Å². The molecule has 3 aromatic rings. The van der Waals surface area contributed by atoms with E-state index in [-0.39, 0.29) is 12.1 Å². The maximum Gasteiger partial charge on any atom is 0.258 e. The molecule has 0 aliphatic carbocycles. The van der Waals surface area contributed by atoms with Crippen molar-refractivity contribution in [3.05, 3.63) is 96.3 Å². The van der Waals surface area contributed by atoms with E-state index < -0.39 is 0 Å². The van der Waals surface area contributed by atoms with Crippen molar-refractivity contribution in [3.63, 3.8) is 0 Å². The monoisotopic (exact) mass is 401 g/mol. The van der Waals surface area contributed by atoms with Crippen LogP contribution in [0, 0.1) is 0 Å². The molecule has 30 heavy (non-hydrogen) atoms. The second kappa shape index (κ2) is 8.69. The molecule has 152 valence electrons. The molecule has 0 saturated heterocycles. The maximum atomic E-state index is 13.0. The van der Waals surface area contributed by atoms with Gasteiger partial charge in [-0.1, -0.05) is 24.3 Å². The minimum absolute atomic E-state index is 0.0359. The summed E-state index contributed by atoms with van der Waals surface area (Å²) in [5.74, 6) is 1.20. The number of carbonyl (C=O) groups excluding carboxylic acids is 1. The topological polar surface area (TPSA) is 63.7 Å². The number of hydrogen-bond donors (Lipinski definition) is 1. The molecule has 6 nitrogen and oxygen atoms in total. The summed E-state index contributed by atoms with van der Waals surface area (Å²) in [7, 11) is 1.61. The van der Waals surface area contributed by atoms with E-state index in [2.05, 4.69) is 16.9 Å². The van der Waals surface area contributed by atoms with E-state index in [0.29, 0.717) is 30.2 Å². The van der Waals surface area contributed by atoms with E-state index in [9.17, 15) is 4.79 Å². The van der Waals surface area contributed by atoms with E-state index in [4.69, 9.17) is 9.47 Å². The minimum Gasteiger partial charge on any atom is -0.493 e. The number of methoxy groups -OCH3 is 1. The van der Waals surface area contributed by atoms with E-state index in [1.54, 1.807) is 30.5 Å². The second-order valence-corrected chi connectivity index (χ2v) is 6.89. The van der Waals surface area contributed by atoms with Crippen LogP contribution in [0.3, 0.4) is 0 Å². The van der Waals surface area contributed by atoms with E-state index in [0.717, 1.165) is 16.8 Å². The quantitative estimate of drug-likeness (QED) is 0.594. The van der Waals surface area contributed by atoms with Gasteiger partial charge in [0.15, 0.2) is 11.5 Å². The SMILES string of the molecule is C=CCN1C(=O)c2ccccc2N[C@@H]1c1ccc(OCc2ccncc2)c(OC)c1. The molecule has 0 unspecified atom stereocenters. The molecule has 0 spiro atoms. The molecule has 2 aromatic carbocycles. The molecular formula is C24H23N3O3. The van der Waals surface area contributed by atoms with Gasteiger partial charge in [0.2, 0.25) is 0 Å². The Labute approximate surface area is 175 Å². The van der Waals surface area contributed by atoms with Crippen molar-refractivity contribution in [1.82, 2.24) is 9.88 Å². The molecule has 4 rings (SSSR count). The summed E-state index contributed by atoms with van der Waals surface area (Å²) in [4.78, 5) is 18.8. The lowest BCUT2D eigenvalue weighted by Gasteiger charge is -2.37. The van der Waals surface area contributed by atoms with Crippen molar-refractivity contribution in [2.45, 2.75) is 12.8 Å². The fraction of sp³-hybridized carbons (Fsp3) is 0.167. The molecule has 0 bridgehead atoms. The Morgan fingerprint density at radius 1 is 1.13 bits per heavy atom. The van der Waals surface area contributed by atoms with E-state index in [1.807, 2.05) is 54.6 Å². The smallest absolute Gasteiger partial charge is 0.258 e. The predicted molar refractivity (Wildman–Crippen MR) is 116 cm³/mol. The first-order valence-corrected chi connectivity index (χ1v) is 9.68. The molecule has 1 aliphatic heterocycles. The lowest BCUT2D eigenvalue weighted by Crippen LogP contribution is -2.42. The van der Waals surface area contributed by atoms with Crippen LogP contribution in [0.2, 0.25) is 0 Å². The third-order valence-electron chi connectivity index (χ3n) is 5.00. The van der Waals surface area contributed by atoms with Crippen LogP contribution in [-0.2, 0) is 6.61 Å². The van der Waals surface area contributed by atoms with E-state index in [1.165, 1.54) is 0 Å². The fourth-order valence-electron chi connectivity index (χ4n) is 3.50. The Kier molecular flexibility index (Phi) is 5.66. The van der Waals surface area contributed by atoms with Crippen LogP contribution in [-0.4, -0.2) is 29.4 Å². The number of carbonyl (C=O) groups is 1. The highest BCUT2D eigenvalue weighted by molar-refractivity contribution is 6.01. The number of para-hydroxylation sites is 1. The third-order valence-corrected chi connectivity index (χ3v) is 5.00. The number of fused-ring (bicyclic) bond motifs is 1. The zero-order valence-electron chi connectivity index (χ0n) is 16.7. The number of hydrogen-bond acceptors (Lipinski definition) is 5. The Hall–Kier alpha value is -3.80. The van der Waals surface area contributed by atoms with Gasteiger partial charge in [-0.3, -0.25) is 9.78 Å². The first kappa shape index (κ1) is 19.5. The Bertz CT molecular complexity index is 1050. The average molecular weight is 401 g/mol. The summed E-state index contributed by atoms with van der Waals surface area (Å²) >= 11 is 0. The molecule has 0 saturated carbocycles. The summed E-state index contributed by atoms with van der Waals surface area (Å²) in [6, 6.07) is 17.0. The molecule has 2 heterocycles. The van der Waals surface area contributed by atoms with Gasteiger partial charge in [-0.15, -0.1) is 6.58 Å². The first-order chi connectivity index (χ1) is 14.7. The van der Waals surface area contributed by atoms with Crippen LogP contribution in [0.25, 0.3) is 0 Å². The van der Waals surface area contributed by atoms with Crippen molar-refractivity contribution in [2.75, 3.05) is 19.0 Å². The zero-order chi connectivity index (χ0) is 20.9. The molecule has 1 N–H and O–H groups in total. The summed E-state index contributed by atoms with van der Waals surface area (Å²) in [6.07, 6.45) is 4.85. The Morgan fingerprint density at radius 2 is 1.93 bits per heavy atom. The summed E-state index contributed by atoms with van der Waals surface area (Å²) in [5, 5.41) is 3.46. The van der Waals surface area contributed by atoms with Crippen LogP contribution in [0.1, 0.15) is 27.7 Å². The van der Waals surface area contributed by atoms with Gasteiger partial charge in [0, 0.05) is 24.6 Å². The number of amides is 1. The molecular weight excluding hydrogens is 378 g/mol. The molecule has 1 atom stereocenters. The number of nitrogens with zero attached hydrogens (tertiary/aromatic N) is 2. The number of benzene rings is 2. The van der Waals surface area contributed by atoms with Crippen molar-refractivity contribution < 1.29 is 14.3 Å². The highest BCUT2D eigenvalue weighted by atomic mass is 16.5. The fourth-order valence-corrected chi connectivity index (χ4v) is 3.50. The summed E-state index contributed by atoms with van der Waals surface area (Å²) in [6.45, 7) is 4.64. The molecule has 1 amide bonds. The lowest BCUT2D eigenvalue weighted by atomic mass is 10.0. The standard InChI is InChI=1S/C24H23N3O3/c1-3-14-27-23(26-20-7-5-4-6-19(20)24(27)28)18-8-9-21(22(15-18)29-2)30-16-17-10-12-25-13-11-17/h3-13,15,23,26H,1,14,16H2,2H3/t23-/m0/s1. The number of pyridine rings is 1. The largest absolute Gasteiger partial charge is 0.493 e. The summed E-state index contributed by atoms with van der Waals surface area (Å²) in [5.41, 5.74) is 3.38. The predicted octanol–water partition coefficient (Wildman–Crippen LogP) is 4.42. The van der Waals surface area contributed by atoms with Crippen LogP contribution in [0.5, 0.6) is 11.5 Å². The van der Waals surface area contributed by atoms with Crippen LogP contribution >= 0.6 is 0 Å². The highest BCUT2D eigenvalue weighted by Crippen LogP contribution is 2.37. The van der Waals surface area contributed by atoms with Gasteiger partial charge in [-0.05, 0) is 47.5 Å². The Balaban J connectivity index is 1.62. The van der Waals surface area contributed by atoms with Crippen molar-refractivity contribution in [3.8, 4) is 11.5 Å². The van der Waals surface area contributed by atoms with Crippen molar-refractivity contribution in [1.29, 1.82) is 0 Å². The first-order valence-electron chi connectivity index (χ1n) is 9.68. The van der Waals surface area contributed by atoms with Gasteiger partial charge >= 0.3 is 0 Å². The number of ether oxygens (including phenoxy) is 2. The minimum atomic E-state index is -0.339. The zero-order valence-corrected chi connectivity index (χ0v) is 16.7. The van der Waals surface area contributed by atoms with Gasteiger partial charge in [-0.2, -0.15) is 0 Å². The number of anilines is 1. The molecule has 1 aromatic heterocycles. The van der Waals surface area contributed by atoms with Gasteiger partial charge in [0.1, 0.15) is 12.8 Å². The van der Waals surface area contributed by atoms with Crippen molar-refractivity contribution >= 4 is 11.6 Å². The number of rotatable bonds is 7. The Morgan fingerprint density at radius 3 is 2.70 bits per heavy atom. The number of aromatic nitrogens is 1. The van der Waals surface area contributed by atoms with Crippen LogP contribution in [0.4, 0.5) is 5.69 Å².